The first-order valence-electron chi connectivity index (χ1n) is 13.0. The van der Waals surface area contributed by atoms with Crippen LogP contribution in [0.3, 0.4) is 0 Å². The molecule has 1 aromatic carbocycles. The molecule has 0 radical (unpaired) electrons. The minimum absolute atomic E-state index is 0.0459. The summed E-state index contributed by atoms with van der Waals surface area (Å²) < 4.78 is 45.2. The van der Waals surface area contributed by atoms with Crippen LogP contribution in [0.15, 0.2) is 35.9 Å². The Hall–Kier alpha value is -2.18. The van der Waals surface area contributed by atoms with Gasteiger partial charge in [0.15, 0.2) is 5.82 Å². The molecule has 0 spiro atoms. The van der Waals surface area contributed by atoms with Gasteiger partial charge in [0.2, 0.25) is 0 Å². The highest BCUT2D eigenvalue weighted by atomic mass is 19.3. The molecule has 2 aliphatic carbocycles. The van der Waals surface area contributed by atoms with E-state index in [0.717, 1.165) is 32.1 Å². The summed E-state index contributed by atoms with van der Waals surface area (Å²) in [5.74, 6) is -1.39. The van der Waals surface area contributed by atoms with Gasteiger partial charge in [0.1, 0.15) is 5.82 Å². The van der Waals surface area contributed by atoms with Crippen molar-refractivity contribution in [2.75, 3.05) is 0 Å². The first-order chi connectivity index (χ1) is 16.4. The van der Waals surface area contributed by atoms with Gasteiger partial charge in [-0.1, -0.05) is 58.4 Å². The lowest BCUT2D eigenvalue weighted by molar-refractivity contribution is -0.108. The van der Waals surface area contributed by atoms with Crippen LogP contribution in [-0.4, -0.2) is 26.1 Å². The summed E-state index contributed by atoms with van der Waals surface area (Å²) in [6.45, 7) is 9.94. The molecule has 0 N–H and O–H groups in total. The van der Waals surface area contributed by atoms with Crippen molar-refractivity contribution in [2.24, 2.45) is 28.6 Å². The molecule has 2 saturated carbocycles. The zero-order chi connectivity index (χ0) is 25.4. The van der Waals surface area contributed by atoms with Crippen molar-refractivity contribution in [1.82, 2.24) is 20.2 Å². The normalized spacial score (nSPS) is 27.3. The molecule has 0 aliphatic heterocycles. The fraction of sp³-hybridized carbons (Fsp3) is 0.679. The van der Waals surface area contributed by atoms with Gasteiger partial charge in [0.05, 0.1) is 12.1 Å². The van der Waals surface area contributed by atoms with Gasteiger partial charge >= 0.3 is 0 Å². The van der Waals surface area contributed by atoms with Crippen LogP contribution in [0.4, 0.5) is 13.2 Å². The second-order valence-electron chi connectivity index (χ2n) is 12.0. The number of tetrazole rings is 1. The summed E-state index contributed by atoms with van der Waals surface area (Å²) in [4.78, 5) is 0. The monoisotopic (exact) mass is 488 g/mol. The maximum Gasteiger partial charge on any atom is 0.252 e. The van der Waals surface area contributed by atoms with E-state index in [1.54, 1.807) is 43.7 Å². The van der Waals surface area contributed by atoms with Crippen LogP contribution in [0.5, 0.6) is 0 Å². The second kappa shape index (κ2) is 9.70. The van der Waals surface area contributed by atoms with Crippen molar-refractivity contribution in [3.05, 3.63) is 41.7 Å². The van der Waals surface area contributed by atoms with Crippen LogP contribution in [0.2, 0.25) is 0 Å². The molecule has 192 valence electrons. The topological polar surface area (TPSA) is 43.6 Å². The minimum Gasteiger partial charge on any atom is -0.221 e. The number of aromatic nitrogens is 4. The van der Waals surface area contributed by atoms with E-state index < -0.39 is 11.3 Å². The van der Waals surface area contributed by atoms with E-state index >= 15 is 0 Å². The average Bonchev–Trinajstić information content (AvgIpc) is 3.39. The molecule has 0 amide bonds. The molecule has 1 heterocycles. The molecule has 2 aliphatic rings. The third kappa shape index (κ3) is 5.05. The molecule has 0 bridgehead atoms. The molecule has 0 unspecified atom stereocenters. The van der Waals surface area contributed by atoms with Crippen molar-refractivity contribution < 1.29 is 13.2 Å². The molecule has 2 fully saturated rings. The molecule has 4 nitrogen and oxygen atoms in total. The smallest absolute Gasteiger partial charge is 0.221 e. The lowest BCUT2D eigenvalue weighted by atomic mass is 9.60. The molecule has 7 heteroatoms. The van der Waals surface area contributed by atoms with Crippen molar-refractivity contribution >= 4 is 0 Å². The molecule has 0 saturated heterocycles. The maximum absolute atomic E-state index is 14.6. The van der Waals surface area contributed by atoms with Gasteiger partial charge in [-0.05, 0) is 84.3 Å². The van der Waals surface area contributed by atoms with E-state index in [4.69, 9.17) is 0 Å². The third-order valence-corrected chi connectivity index (χ3v) is 8.91. The average molecular weight is 489 g/mol. The van der Waals surface area contributed by atoms with E-state index in [0.29, 0.717) is 36.2 Å². The number of nitrogens with zero attached hydrogens (tertiary/aromatic N) is 4. The molecule has 4 atom stereocenters. The predicted octanol–water partition coefficient (Wildman–Crippen LogP) is 7.72. The summed E-state index contributed by atoms with van der Waals surface area (Å²) in [5.41, 5.74) is 0.942. The lowest BCUT2D eigenvalue weighted by Crippen LogP contribution is -2.38. The number of benzene rings is 1. The van der Waals surface area contributed by atoms with E-state index in [2.05, 4.69) is 35.4 Å². The number of hydrogen-bond acceptors (Lipinski definition) is 3. The van der Waals surface area contributed by atoms with Gasteiger partial charge in [0, 0.05) is 11.8 Å². The number of fused-ring (bicyclic) bond motifs is 1. The van der Waals surface area contributed by atoms with Crippen molar-refractivity contribution in [2.45, 2.75) is 92.0 Å². The second-order valence-corrected chi connectivity index (χ2v) is 12.0. The Labute approximate surface area is 207 Å². The Morgan fingerprint density at radius 1 is 1.20 bits per heavy atom. The van der Waals surface area contributed by atoms with Crippen LogP contribution in [0.1, 0.15) is 79.6 Å². The van der Waals surface area contributed by atoms with Gasteiger partial charge in [-0.15, -0.1) is 5.10 Å². The van der Waals surface area contributed by atoms with E-state index in [1.807, 2.05) is 0 Å². The van der Waals surface area contributed by atoms with Crippen LogP contribution in [0, 0.1) is 34.4 Å². The quantitative estimate of drug-likeness (QED) is 0.375. The van der Waals surface area contributed by atoms with Crippen LogP contribution in [-0.2, 0) is 6.54 Å². The van der Waals surface area contributed by atoms with Gasteiger partial charge in [-0.25, -0.2) is 17.9 Å². The van der Waals surface area contributed by atoms with Crippen molar-refractivity contribution in [3.8, 4) is 11.4 Å². The van der Waals surface area contributed by atoms with Crippen LogP contribution < -0.4 is 0 Å². The Morgan fingerprint density at radius 3 is 2.66 bits per heavy atom. The first kappa shape index (κ1) is 25.9. The third-order valence-electron chi connectivity index (χ3n) is 8.91. The highest BCUT2D eigenvalue weighted by Gasteiger charge is 2.51. The Kier molecular flexibility index (Phi) is 7.18. The lowest BCUT2D eigenvalue weighted by Gasteiger charge is -2.45. The minimum atomic E-state index is -2.65. The Bertz CT molecular complexity index is 1050. The highest BCUT2D eigenvalue weighted by molar-refractivity contribution is 5.55. The maximum atomic E-state index is 14.6. The van der Waals surface area contributed by atoms with Gasteiger partial charge in [-0.2, -0.15) is 0 Å². The van der Waals surface area contributed by atoms with E-state index in [-0.39, 0.29) is 23.6 Å². The molecule has 2 aromatic rings. The van der Waals surface area contributed by atoms with Crippen molar-refractivity contribution in [1.29, 1.82) is 0 Å². The molecule has 1 aromatic heterocycles. The SMILES string of the molecule is C[C@H](CCC(F)(F)C(C)(C)C)[C@H]1CC[C@H]2/C(=C/Cn3nnnc3-c3ccccc3F)CCC[C@]12C. The van der Waals surface area contributed by atoms with Gasteiger partial charge < -0.3 is 0 Å². The number of allylic oxidation sites excluding steroid dienone is 2. The zero-order valence-corrected chi connectivity index (χ0v) is 21.7. The van der Waals surface area contributed by atoms with Crippen molar-refractivity contribution in [3.63, 3.8) is 0 Å². The fourth-order valence-corrected chi connectivity index (χ4v) is 6.61. The largest absolute Gasteiger partial charge is 0.252 e. The fourth-order valence-electron chi connectivity index (χ4n) is 6.61. The van der Waals surface area contributed by atoms with Gasteiger partial charge in [0.25, 0.3) is 5.92 Å². The summed E-state index contributed by atoms with van der Waals surface area (Å²) in [5, 5.41) is 11.9. The standard InChI is InChI=1S/C28H39F3N4/c1-19(14-17-28(30,31)26(2,3)4)22-12-13-23-20(9-8-16-27(22,23)5)15-18-35-25(32-33-34-35)21-10-6-7-11-24(21)29/h6-7,10-11,15,19,22-23H,8-9,12-14,16-18H2,1-5H3/b20-15+/t19-,22-,23+,27-/m1/s1. The summed E-state index contributed by atoms with van der Waals surface area (Å²) in [6, 6.07) is 6.53. The highest BCUT2D eigenvalue weighted by Crippen LogP contribution is 2.60. The number of hydrogen-bond donors (Lipinski definition) is 0. The Morgan fingerprint density at radius 2 is 1.94 bits per heavy atom. The van der Waals surface area contributed by atoms with Crippen LogP contribution in [0.25, 0.3) is 11.4 Å². The van der Waals surface area contributed by atoms with E-state index in [9.17, 15) is 13.2 Å². The molecular formula is C28H39F3N4. The first-order valence-corrected chi connectivity index (χ1v) is 13.0. The van der Waals surface area contributed by atoms with Crippen LogP contribution >= 0.6 is 0 Å². The predicted molar refractivity (Wildman–Crippen MR) is 132 cm³/mol. The Balaban J connectivity index is 1.47. The van der Waals surface area contributed by atoms with Gasteiger partial charge in [-0.3, -0.25) is 0 Å². The van der Waals surface area contributed by atoms with E-state index in [1.165, 1.54) is 11.6 Å². The molecular weight excluding hydrogens is 449 g/mol. The summed E-state index contributed by atoms with van der Waals surface area (Å²) in [6.07, 6.45) is 8.22. The number of rotatable bonds is 7. The zero-order valence-electron chi connectivity index (χ0n) is 21.7. The number of halogens is 3. The molecule has 35 heavy (non-hydrogen) atoms. The summed E-state index contributed by atoms with van der Waals surface area (Å²) in [7, 11) is 0. The summed E-state index contributed by atoms with van der Waals surface area (Å²) >= 11 is 0. The molecule has 4 rings (SSSR count). The number of alkyl halides is 2.